The third-order valence-electron chi connectivity index (χ3n) is 4.42. The molecule has 0 atom stereocenters. The second-order valence-corrected chi connectivity index (χ2v) is 6.99. The van der Waals surface area contributed by atoms with Crippen LogP contribution >= 0.6 is 15.9 Å². The molecule has 0 bridgehead atoms. The van der Waals surface area contributed by atoms with E-state index in [-0.39, 0.29) is 0 Å². The van der Waals surface area contributed by atoms with E-state index in [2.05, 4.69) is 50.5 Å². The third-order valence-corrected chi connectivity index (χ3v) is 4.91. The normalized spacial score (nSPS) is 15.3. The van der Waals surface area contributed by atoms with E-state index in [0.29, 0.717) is 12.6 Å². The molecular weight excluding hydrogens is 354 g/mol. The number of nitrogens with zero attached hydrogens (tertiary/aromatic N) is 3. The summed E-state index contributed by atoms with van der Waals surface area (Å²) in [6.07, 6.45) is 7.04. The Balaban J connectivity index is 1.45. The fraction of sp³-hybridized carbons (Fsp3) is 0.333. The highest BCUT2D eigenvalue weighted by molar-refractivity contribution is 9.10. The molecule has 1 aliphatic rings. The van der Waals surface area contributed by atoms with Crippen molar-refractivity contribution in [3.63, 3.8) is 0 Å². The van der Waals surface area contributed by atoms with E-state index in [1.54, 1.807) is 0 Å². The van der Waals surface area contributed by atoms with E-state index < -0.39 is 0 Å². The molecule has 118 valence electrons. The summed E-state index contributed by atoms with van der Waals surface area (Å²) in [4.78, 5) is 0. The van der Waals surface area contributed by atoms with Crippen molar-refractivity contribution in [1.82, 2.24) is 15.0 Å². The number of aromatic nitrogens is 3. The third kappa shape index (κ3) is 3.24. The van der Waals surface area contributed by atoms with Gasteiger partial charge in [0.15, 0.2) is 0 Å². The van der Waals surface area contributed by atoms with Gasteiger partial charge in [0.1, 0.15) is 18.1 Å². The molecule has 2 aromatic carbocycles. The van der Waals surface area contributed by atoms with Crippen molar-refractivity contribution in [1.29, 1.82) is 0 Å². The summed E-state index contributed by atoms with van der Waals surface area (Å²) >= 11 is 3.49. The molecule has 5 heteroatoms. The number of ether oxygens (including phenoxy) is 1. The van der Waals surface area contributed by atoms with Crippen LogP contribution in [0.2, 0.25) is 0 Å². The van der Waals surface area contributed by atoms with Crippen LogP contribution in [0.5, 0.6) is 5.75 Å². The molecule has 4 nitrogen and oxygen atoms in total. The molecule has 0 unspecified atom stereocenters. The molecule has 0 amide bonds. The van der Waals surface area contributed by atoms with Gasteiger partial charge in [0.25, 0.3) is 0 Å². The SMILES string of the molecule is Brc1ccc2cc(OCc3cn(C4CCCC4)nn3)ccc2c1. The number of hydrogen-bond acceptors (Lipinski definition) is 3. The van der Waals surface area contributed by atoms with Crippen molar-refractivity contribution in [2.75, 3.05) is 0 Å². The van der Waals surface area contributed by atoms with Crippen molar-refractivity contribution < 1.29 is 4.74 Å². The summed E-state index contributed by atoms with van der Waals surface area (Å²) in [5.74, 6) is 0.857. The molecule has 0 radical (unpaired) electrons. The molecule has 1 aromatic heterocycles. The lowest BCUT2D eigenvalue weighted by atomic mass is 10.1. The van der Waals surface area contributed by atoms with Crippen LogP contribution in [0.1, 0.15) is 37.4 Å². The van der Waals surface area contributed by atoms with Crippen LogP contribution in [0.3, 0.4) is 0 Å². The van der Waals surface area contributed by atoms with Crippen LogP contribution in [0.15, 0.2) is 47.1 Å². The zero-order valence-electron chi connectivity index (χ0n) is 12.8. The molecule has 1 fully saturated rings. The quantitative estimate of drug-likeness (QED) is 0.655. The standard InChI is InChI=1S/C18H18BrN3O/c19-15-7-5-14-10-18(8-6-13(14)9-15)23-12-16-11-22(21-20-16)17-3-1-2-4-17/h5-11,17H,1-4,12H2. The predicted octanol–water partition coefficient (Wildman–Crippen LogP) is 4.89. The van der Waals surface area contributed by atoms with Crippen LogP contribution in [-0.2, 0) is 6.61 Å². The van der Waals surface area contributed by atoms with Crippen LogP contribution < -0.4 is 4.74 Å². The van der Waals surface area contributed by atoms with Crippen LogP contribution in [0.4, 0.5) is 0 Å². The Bertz CT molecular complexity index is 824. The maximum atomic E-state index is 5.88. The Labute approximate surface area is 143 Å². The van der Waals surface area contributed by atoms with Gasteiger partial charge in [-0.1, -0.05) is 46.1 Å². The first kappa shape index (κ1) is 14.7. The Morgan fingerprint density at radius 2 is 1.87 bits per heavy atom. The highest BCUT2D eigenvalue weighted by Gasteiger charge is 2.18. The number of hydrogen-bond donors (Lipinski definition) is 0. The topological polar surface area (TPSA) is 39.9 Å². The molecule has 23 heavy (non-hydrogen) atoms. The number of fused-ring (bicyclic) bond motifs is 1. The lowest BCUT2D eigenvalue weighted by molar-refractivity contribution is 0.301. The van der Waals surface area contributed by atoms with Crippen LogP contribution in [-0.4, -0.2) is 15.0 Å². The molecular formula is C18H18BrN3O. The van der Waals surface area contributed by atoms with E-state index >= 15 is 0 Å². The average Bonchev–Trinajstić information content (AvgIpc) is 3.24. The van der Waals surface area contributed by atoms with Crippen molar-refractivity contribution >= 4 is 26.7 Å². The second kappa shape index (κ2) is 6.32. The summed E-state index contributed by atoms with van der Waals surface area (Å²) in [5.41, 5.74) is 0.882. The van der Waals surface area contributed by atoms with Gasteiger partial charge >= 0.3 is 0 Å². The zero-order chi connectivity index (χ0) is 15.6. The molecule has 0 spiro atoms. The predicted molar refractivity (Wildman–Crippen MR) is 93.5 cm³/mol. The van der Waals surface area contributed by atoms with Gasteiger partial charge in [-0.3, -0.25) is 0 Å². The first-order chi connectivity index (χ1) is 11.3. The monoisotopic (exact) mass is 371 g/mol. The van der Waals surface area contributed by atoms with Gasteiger partial charge in [0.05, 0.1) is 12.2 Å². The summed E-state index contributed by atoms with van der Waals surface area (Å²) in [6, 6.07) is 12.9. The van der Waals surface area contributed by atoms with Crippen molar-refractivity contribution in [2.45, 2.75) is 38.3 Å². The molecule has 1 heterocycles. The van der Waals surface area contributed by atoms with Gasteiger partial charge in [0, 0.05) is 4.47 Å². The molecule has 3 aromatic rings. The Hall–Kier alpha value is -1.88. The minimum atomic E-state index is 0.453. The smallest absolute Gasteiger partial charge is 0.134 e. The largest absolute Gasteiger partial charge is 0.487 e. The number of benzene rings is 2. The van der Waals surface area contributed by atoms with Crippen molar-refractivity contribution in [2.24, 2.45) is 0 Å². The van der Waals surface area contributed by atoms with E-state index in [0.717, 1.165) is 15.9 Å². The number of halogens is 1. The van der Waals surface area contributed by atoms with E-state index in [4.69, 9.17) is 4.74 Å². The van der Waals surface area contributed by atoms with Crippen molar-refractivity contribution in [3.8, 4) is 5.75 Å². The highest BCUT2D eigenvalue weighted by atomic mass is 79.9. The lowest BCUT2D eigenvalue weighted by Crippen LogP contribution is -2.04. The van der Waals surface area contributed by atoms with Gasteiger partial charge in [-0.05, 0) is 47.9 Å². The fourth-order valence-corrected chi connectivity index (χ4v) is 3.55. The summed E-state index contributed by atoms with van der Waals surface area (Å²) in [6.45, 7) is 0.453. The summed E-state index contributed by atoms with van der Waals surface area (Å²) < 4.78 is 8.97. The van der Waals surface area contributed by atoms with Gasteiger partial charge in [-0.25, -0.2) is 4.68 Å². The summed E-state index contributed by atoms with van der Waals surface area (Å²) in [5, 5.41) is 10.8. The van der Waals surface area contributed by atoms with E-state index in [9.17, 15) is 0 Å². The first-order valence-corrected chi connectivity index (χ1v) is 8.80. The first-order valence-electron chi connectivity index (χ1n) is 8.01. The van der Waals surface area contributed by atoms with Gasteiger partial charge < -0.3 is 4.74 Å². The minimum absolute atomic E-state index is 0.453. The van der Waals surface area contributed by atoms with Crippen LogP contribution in [0.25, 0.3) is 10.8 Å². The van der Waals surface area contributed by atoms with E-state index in [1.165, 1.54) is 36.5 Å². The average molecular weight is 372 g/mol. The molecule has 0 saturated heterocycles. The van der Waals surface area contributed by atoms with Gasteiger partial charge in [0.2, 0.25) is 0 Å². The Kier molecular flexibility index (Phi) is 4.04. The second-order valence-electron chi connectivity index (χ2n) is 6.07. The lowest BCUT2D eigenvalue weighted by Gasteiger charge is -2.07. The Morgan fingerprint density at radius 3 is 2.74 bits per heavy atom. The van der Waals surface area contributed by atoms with Crippen molar-refractivity contribution in [3.05, 3.63) is 52.8 Å². The molecule has 0 N–H and O–H groups in total. The van der Waals surface area contributed by atoms with Gasteiger partial charge in [-0.15, -0.1) is 5.10 Å². The number of rotatable bonds is 4. The Morgan fingerprint density at radius 1 is 1.09 bits per heavy atom. The molecule has 4 rings (SSSR count). The molecule has 1 saturated carbocycles. The fourth-order valence-electron chi connectivity index (χ4n) is 3.17. The van der Waals surface area contributed by atoms with E-state index in [1.807, 2.05) is 23.0 Å². The maximum Gasteiger partial charge on any atom is 0.134 e. The summed E-state index contributed by atoms with van der Waals surface area (Å²) in [7, 11) is 0. The highest BCUT2D eigenvalue weighted by Crippen LogP contribution is 2.29. The minimum Gasteiger partial charge on any atom is -0.487 e. The maximum absolute atomic E-state index is 5.88. The van der Waals surface area contributed by atoms with Gasteiger partial charge in [-0.2, -0.15) is 0 Å². The molecule has 1 aliphatic carbocycles. The van der Waals surface area contributed by atoms with Crippen LogP contribution in [0, 0.1) is 0 Å². The zero-order valence-corrected chi connectivity index (χ0v) is 14.4. The molecule has 0 aliphatic heterocycles.